The van der Waals surface area contributed by atoms with Gasteiger partial charge < -0.3 is 20.5 Å². The van der Waals surface area contributed by atoms with E-state index >= 15 is 0 Å². The van der Waals surface area contributed by atoms with Gasteiger partial charge in [0.25, 0.3) is 0 Å². The minimum Gasteiger partial charge on any atom is -0.489 e. The van der Waals surface area contributed by atoms with Crippen molar-refractivity contribution in [2.75, 3.05) is 24.3 Å². The minimum absolute atomic E-state index is 0.0155. The van der Waals surface area contributed by atoms with Gasteiger partial charge in [0.05, 0.1) is 18.0 Å². The van der Waals surface area contributed by atoms with Gasteiger partial charge in [-0.15, -0.1) is 0 Å². The van der Waals surface area contributed by atoms with E-state index in [-0.39, 0.29) is 41.1 Å². The number of halogens is 1. The first kappa shape index (κ1) is 20.7. The molecule has 0 saturated heterocycles. The van der Waals surface area contributed by atoms with E-state index < -0.39 is 17.6 Å². The second-order valence-electron chi connectivity index (χ2n) is 6.20. The number of hydrogen-bond donors (Lipinski definition) is 3. The second kappa shape index (κ2) is 8.53. The number of ether oxygens (including phenoxy) is 1. The second-order valence-corrected chi connectivity index (χ2v) is 6.20. The molecule has 1 unspecified atom stereocenters. The van der Waals surface area contributed by atoms with Crippen LogP contribution in [-0.4, -0.2) is 54.6 Å². The van der Waals surface area contributed by atoms with Crippen LogP contribution in [0.15, 0.2) is 23.1 Å². The van der Waals surface area contributed by atoms with Gasteiger partial charge in [0.2, 0.25) is 5.95 Å². The Balaban J connectivity index is 2.06. The van der Waals surface area contributed by atoms with Gasteiger partial charge >= 0.3 is 5.69 Å². The maximum absolute atomic E-state index is 14.7. The molecular weight excluding hydrogens is 397 g/mol. The van der Waals surface area contributed by atoms with Gasteiger partial charge in [-0.25, -0.2) is 14.2 Å². The van der Waals surface area contributed by atoms with Gasteiger partial charge in [-0.1, -0.05) is 0 Å². The molecule has 0 amide bonds. The molecular formula is C17H18FN9O3. The van der Waals surface area contributed by atoms with E-state index in [1.165, 1.54) is 26.2 Å². The SMILES string of the molecule is CNc1nc(Nc2cc(-n3nnn(C)c3=O)c(OCC(C)O)cc2F)ncc1C#N. The van der Waals surface area contributed by atoms with Crippen LogP contribution in [0.2, 0.25) is 0 Å². The van der Waals surface area contributed by atoms with E-state index in [1.54, 1.807) is 7.05 Å². The Morgan fingerprint density at radius 1 is 1.40 bits per heavy atom. The van der Waals surface area contributed by atoms with Crippen molar-refractivity contribution in [3.63, 3.8) is 0 Å². The summed E-state index contributed by atoms with van der Waals surface area (Å²) >= 11 is 0. The van der Waals surface area contributed by atoms with E-state index in [2.05, 4.69) is 31.0 Å². The number of rotatable bonds is 7. The Labute approximate surface area is 169 Å². The number of aromatic nitrogens is 6. The van der Waals surface area contributed by atoms with Crippen LogP contribution in [0.4, 0.5) is 21.8 Å². The molecule has 2 heterocycles. The Bertz CT molecular complexity index is 1170. The molecule has 1 aromatic carbocycles. The largest absolute Gasteiger partial charge is 0.489 e. The summed E-state index contributed by atoms with van der Waals surface area (Å²) in [5.41, 5.74) is -0.336. The average molecular weight is 415 g/mol. The molecule has 0 saturated carbocycles. The van der Waals surface area contributed by atoms with Crippen molar-refractivity contribution in [3.8, 4) is 17.5 Å². The fourth-order valence-corrected chi connectivity index (χ4v) is 2.43. The van der Waals surface area contributed by atoms with Gasteiger partial charge in [-0.05, 0) is 23.4 Å². The minimum atomic E-state index is -0.815. The lowest BCUT2D eigenvalue weighted by Gasteiger charge is -2.15. The zero-order chi connectivity index (χ0) is 21.8. The summed E-state index contributed by atoms with van der Waals surface area (Å²) in [6.07, 6.45) is 0.470. The lowest BCUT2D eigenvalue weighted by molar-refractivity contribution is 0.122. The summed E-state index contributed by atoms with van der Waals surface area (Å²) in [7, 11) is 3.00. The number of aryl methyl sites for hydroxylation is 1. The summed E-state index contributed by atoms with van der Waals surface area (Å²) in [5, 5.41) is 31.4. The zero-order valence-electron chi connectivity index (χ0n) is 16.3. The van der Waals surface area contributed by atoms with Crippen molar-refractivity contribution in [2.45, 2.75) is 13.0 Å². The first-order valence-electron chi connectivity index (χ1n) is 8.69. The zero-order valence-corrected chi connectivity index (χ0v) is 16.3. The molecule has 0 aliphatic heterocycles. The number of nitrogens with one attached hydrogen (secondary N) is 2. The Hall–Kier alpha value is -4.05. The lowest BCUT2D eigenvalue weighted by Crippen LogP contribution is -2.23. The smallest absolute Gasteiger partial charge is 0.368 e. The molecule has 3 rings (SSSR count). The number of tetrazole rings is 1. The summed E-state index contributed by atoms with van der Waals surface area (Å²) in [6.45, 7) is 1.38. The Kier molecular flexibility index (Phi) is 5.88. The van der Waals surface area contributed by atoms with Gasteiger partial charge in [-0.2, -0.15) is 19.6 Å². The maximum atomic E-state index is 14.7. The molecule has 30 heavy (non-hydrogen) atoms. The van der Waals surface area contributed by atoms with Crippen LogP contribution in [0.1, 0.15) is 12.5 Å². The van der Waals surface area contributed by atoms with Crippen LogP contribution in [-0.2, 0) is 7.05 Å². The predicted molar refractivity (Wildman–Crippen MR) is 103 cm³/mol. The van der Waals surface area contributed by atoms with Crippen molar-refractivity contribution in [1.29, 1.82) is 5.26 Å². The Morgan fingerprint density at radius 3 is 2.77 bits per heavy atom. The predicted octanol–water partition coefficient (Wildman–Crippen LogP) is 0.312. The van der Waals surface area contributed by atoms with Crippen LogP contribution in [0.5, 0.6) is 5.75 Å². The number of hydrogen-bond acceptors (Lipinski definition) is 10. The normalized spacial score (nSPS) is 11.6. The quantitative estimate of drug-likeness (QED) is 0.491. The van der Waals surface area contributed by atoms with Crippen molar-refractivity contribution in [3.05, 3.63) is 40.2 Å². The molecule has 0 spiro atoms. The molecule has 156 valence electrons. The van der Waals surface area contributed by atoms with Crippen molar-refractivity contribution >= 4 is 17.5 Å². The molecule has 0 radical (unpaired) electrons. The standard InChI is InChI=1S/C17H18FN9O3/c1-9(28)8-30-14-4-11(18)12(5-13(14)27-17(29)26(3)24-25-27)22-16-21-7-10(6-19)15(20-2)23-16/h4-5,7,9,28H,8H2,1-3H3,(H2,20,21,22,23). The molecule has 0 bridgehead atoms. The fraction of sp³-hybridized carbons (Fsp3) is 0.294. The molecule has 12 nitrogen and oxygen atoms in total. The van der Waals surface area contributed by atoms with E-state index in [4.69, 9.17) is 10.00 Å². The van der Waals surface area contributed by atoms with Gasteiger partial charge in [0.15, 0.2) is 5.82 Å². The van der Waals surface area contributed by atoms with E-state index in [9.17, 15) is 14.3 Å². The van der Waals surface area contributed by atoms with Crippen LogP contribution < -0.4 is 21.1 Å². The molecule has 1 atom stereocenters. The van der Waals surface area contributed by atoms with E-state index in [1.807, 2.05) is 6.07 Å². The molecule has 13 heteroatoms. The topological polar surface area (TPSA) is 156 Å². The number of nitrogens with zero attached hydrogens (tertiary/aromatic N) is 7. The fourth-order valence-electron chi connectivity index (χ4n) is 2.43. The number of anilines is 3. The summed E-state index contributed by atoms with van der Waals surface area (Å²) < 4.78 is 22.1. The molecule has 0 aliphatic carbocycles. The van der Waals surface area contributed by atoms with E-state index in [0.717, 1.165) is 15.4 Å². The molecule has 3 aromatic rings. The summed E-state index contributed by atoms with van der Waals surface area (Å²) in [4.78, 5) is 20.4. The summed E-state index contributed by atoms with van der Waals surface area (Å²) in [6, 6.07) is 4.26. The maximum Gasteiger partial charge on any atom is 0.368 e. The third kappa shape index (κ3) is 4.18. The highest BCUT2D eigenvalue weighted by molar-refractivity contribution is 5.64. The third-order valence-corrected chi connectivity index (χ3v) is 3.87. The van der Waals surface area contributed by atoms with Gasteiger partial charge in [0, 0.05) is 20.2 Å². The van der Waals surface area contributed by atoms with Crippen LogP contribution >= 0.6 is 0 Å². The number of aliphatic hydroxyl groups is 1. The van der Waals surface area contributed by atoms with Crippen LogP contribution in [0.3, 0.4) is 0 Å². The van der Waals surface area contributed by atoms with Crippen LogP contribution in [0.25, 0.3) is 5.69 Å². The average Bonchev–Trinajstić information content (AvgIpc) is 3.06. The first-order chi connectivity index (χ1) is 14.3. The highest BCUT2D eigenvalue weighted by Crippen LogP contribution is 2.30. The first-order valence-corrected chi connectivity index (χ1v) is 8.69. The van der Waals surface area contributed by atoms with E-state index in [0.29, 0.717) is 0 Å². The number of aliphatic hydroxyl groups excluding tert-OH is 1. The van der Waals surface area contributed by atoms with Gasteiger partial charge in [0.1, 0.15) is 35.5 Å². The van der Waals surface area contributed by atoms with Crippen molar-refractivity contribution in [1.82, 2.24) is 29.8 Å². The van der Waals surface area contributed by atoms with Crippen LogP contribution in [0, 0.1) is 17.1 Å². The Morgan fingerprint density at radius 2 is 2.17 bits per heavy atom. The number of benzene rings is 1. The highest BCUT2D eigenvalue weighted by Gasteiger charge is 2.18. The van der Waals surface area contributed by atoms with Gasteiger partial charge in [-0.3, -0.25) is 0 Å². The van der Waals surface area contributed by atoms with Crippen molar-refractivity contribution in [2.24, 2.45) is 7.05 Å². The summed E-state index contributed by atoms with van der Waals surface area (Å²) in [5.74, 6) is -0.460. The monoisotopic (exact) mass is 415 g/mol. The van der Waals surface area contributed by atoms with Crippen molar-refractivity contribution < 1.29 is 14.2 Å². The number of nitriles is 1. The molecule has 3 N–H and O–H groups in total. The third-order valence-electron chi connectivity index (χ3n) is 3.87. The molecule has 2 aromatic heterocycles. The molecule has 0 fully saturated rings. The molecule has 0 aliphatic rings. The highest BCUT2D eigenvalue weighted by atomic mass is 19.1. The lowest BCUT2D eigenvalue weighted by atomic mass is 10.2.